The Morgan fingerprint density at radius 2 is 2.09 bits per heavy atom. The maximum absolute atomic E-state index is 12.5. The lowest BCUT2D eigenvalue weighted by Gasteiger charge is -2.23. The number of alkyl halides is 3. The lowest BCUT2D eigenvalue weighted by atomic mass is 10.2. The number of likely N-dealkylation sites (N-methyl/N-ethyl adjacent to an activating group) is 1. The Labute approximate surface area is 134 Å². The van der Waals surface area contributed by atoms with E-state index in [4.69, 9.17) is 0 Å². The minimum absolute atomic E-state index is 0.147. The van der Waals surface area contributed by atoms with Crippen molar-refractivity contribution in [2.75, 3.05) is 38.8 Å². The number of carbonyl (C=O) groups excluding carboxylic acids is 1. The van der Waals surface area contributed by atoms with Gasteiger partial charge in [-0.25, -0.2) is 4.79 Å². The van der Waals surface area contributed by atoms with Crippen molar-refractivity contribution in [3.05, 3.63) is 5.01 Å². The zero-order valence-corrected chi connectivity index (χ0v) is 13.8. The van der Waals surface area contributed by atoms with Gasteiger partial charge in [0.15, 0.2) is 0 Å². The van der Waals surface area contributed by atoms with Crippen LogP contribution in [0.5, 0.6) is 0 Å². The molecule has 0 spiro atoms. The predicted molar refractivity (Wildman–Crippen MR) is 80.3 cm³/mol. The summed E-state index contributed by atoms with van der Waals surface area (Å²) in [6.07, 6.45) is -2.57. The molecule has 2 atom stereocenters. The van der Waals surface area contributed by atoms with Crippen LogP contribution in [0.1, 0.15) is 5.01 Å². The van der Waals surface area contributed by atoms with Gasteiger partial charge in [0.1, 0.15) is 0 Å². The average Bonchev–Trinajstić information content (AvgIpc) is 3.03. The smallest absolute Gasteiger partial charge is 0.322 e. The van der Waals surface area contributed by atoms with Gasteiger partial charge in [0, 0.05) is 24.4 Å². The first-order valence-electron chi connectivity index (χ1n) is 6.38. The van der Waals surface area contributed by atoms with Crippen LogP contribution in [0.15, 0.2) is 0 Å². The first-order chi connectivity index (χ1) is 10.2. The summed E-state index contributed by atoms with van der Waals surface area (Å²) in [5, 5.41) is 7.83. The number of hydrogen-bond donors (Lipinski definition) is 1. The standard InChI is InChI=1S/C11H16F3N5OS2/c1-18(2)6-4-19(5-7(6)21-3)10(20)15-9-17-16-8(22-9)11(12,13)14/h6-7H,4-5H2,1-3H3,(H,15,17,20)/t6-,7+/m0/s1. The van der Waals surface area contributed by atoms with Gasteiger partial charge in [-0.05, 0) is 20.4 Å². The van der Waals surface area contributed by atoms with E-state index in [9.17, 15) is 18.0 Å². The van der Waals surface area contributed by atoms with Crippen LogP contribution in [0.2, 0.25) is 0 Å². The van der Waals surface area contributed by atoms with E-state index < -0.39 is 17.2 Å². The van der Waals surface area contributed by atoms with Crippen molar-refractivity contribution in [2.24, 2.45) is 0 Å². The number of amides is 2. The Bertz CT molecular complexity index is 536. The Kier molecular flexibility index (Phi) is 5.17. The van der Waals surface area contributed by atoms with Crippen molar-refractivity contribution >= 4 is 34.3 Å². The maximum atomic E-state index is 12.5. The van der Waals surface area contributed by atoms with Crippen LogP contribution in [-0.2, 0) is 6.18 Å². The molecule has 124 valence electrons. The molecule has 6 nitrogen and oxygen atoms in total. The topological polar surface area (TPSA) is 61.4 Å². The SMILES string of the molecule is CS[C@@H]1CN(C(=O)Nc2nnc(C(F)(F)F)s2)C[C@@H]1N(C)C. The molecule has 1 aromatic rings. The molecule has 1 aliphatic rings. The van der Waals surface area contributed by atoms with Gasteiger partial charge >= 0.3 is 12.2 Å². The quantitative estimate of drug-likeness (QED) is 0.899. The van der Waals surface area contributed by atoms with Gasteiger partial charge in [-0.15, -0.1) is 10.2 Å². The van der Waals surface area contributed by atoms with Gasteiger partial charge < -0.3 is 9.80 Å². The Hall–Kier alpha value is -1.07. The number of halogens is 3. The van der Waals surface area contributed by atoms with Crippen molar-refractivity contribution in [2.45, 2.75) is 17.5 Å². The highest BCUT2D eigenvalue weighted by molar-refractivity contribution is 7.99. The molecule has 0 saturated carbocycles. The average molecular weight is 355 g/mol. The highest BCUT2D eigenvalue weighted by atomic mass is 32.2. The number of thioether (sulfide) groups is 1. The lowest BCUT2D eigenvalue weighted by Crippen LogP contribution is -2.38. The van der Waals surface area contributed by atoms with Crippen LogP contribution in [-0.4, -0.2) is 70.8 Å². The summed E-state index contributed by atoms with van der Waals surface area (Å²) in [6, 6.07) is -0.241. The van der Waals surface area contributed by atoms with E-state index in [2.05, 4.69) is 15.5 Å². The third kappa shape index (κ3) is 3.82. The minimum Gasteiger partial charge on any atom is -0.322 e. The van der Waals surface area contributed by atoms with E-state index in [1.807, 2.05) is 25.3 Å². The molecule has 0 bridgehead atoms. The summed E-state index contributed by atoms with van der Waals surface area (Å²) in [6.45, 7) is 1.07. The lowest BCUT2D eigenvalue weighted by molar-refractivity contribution is -0.138. The van der Waals surface area contributed by atoms with E-state index in [1.54, 1.807) is 16.7 Å². The van der Waals surface area contributed by atoms with E-state index in [0.29, 0.717) is 24.4 Å². The Morgan fingerprint density at radius 1 is 1.41 bits per heavy atom. The molecular weight excluding hydrogens is 339 g/mol. The monoisotopic (exact) mass is 355 g/mol. The molecule has 0 radical (unpaired) electrons. The van der Waals surface area contributed by atoms with Gasteiger partial charge in [0.2, 0.25) is 10.1 Å². The second-order valence-electron chi connectivity index (χ2n) is 5.05. The van der Waals surface area contributed by atoms with E-state index in [0.717, 1.165) is 0 Å². The zero-order valence-electron chi connectivity index (χ0n) is 12.2. The zero-order chi connectivity index (χ0) is 16.5. The molecule has 0 aromatic carbocycles. The molecule has 2 heterocycles. The van der Waals surface area contributed by atoms with Crippen molar-refractivity contribution in [1.82, 2.24) is 20.0 Å². The molecule has 1 aromatic heterocycles. The summed E-state index contributed by atoms with van der Waals surface area (Å²) in [4.78, 5) is 15.8. The van der Waals surface area contributed by atoms with Crippen molar-refractivity contribution in [1.29, 1.82) is 0 Å². The van der Waals surface area contributed by atoms with Crippen molar-refractivity contribution < 1.29 is 18.0 Å². The van der Waals surface area contributed by atoms with Crippen LogP contribution in [0.3, 0.4) is 0 Å². The van der Waals surface area contributed by atoms with Gasteiger partial charge in [-0.2, -0.15) is 24.9 Å². The third-order valence-electron chi connectivity index (χ3n) is 3.37. The predicted octanol–water partition coefficient (Wildman–Crippen LogP) is 2.07. The molecule has 1 fully saturated rings. The van der Waals surface area contributed by atoms with Crippen LogP contribution < -0.4 is 5.32 Å². The first kappa shape index (κ1) is 17.3. The molecule has 1 saturated heterocycles. The second-order valence-corrected chi connectivity index (χ2v) is 7.10. The number of likely N-dealkylation sites (tertiary alicyclic amines) is 1. The number of urea groups is 1. The van der Waals surface area contributed by atoms with Crippen LogP contribution in [0.25, 0.3) is 0 Å². The largest absolute Gasteiger partial charge is 0.445 e. The molecule has 2 rings (SSSR count). The van der Waals surface area contributed by atoms with Crippen molar-refractivity contribution in [3.63, 3.8) is 0 Å². The number of anilines is 1. The van der Waals surface area contributed by atoms with Crippen molar-refractivity contribution in [3.8, 4) is 0 Å². The van der Waals surface area contributed by atoms with Gasteiger partial charge in [-0.3, -0.25) is 5.32 Å². The summed E-state index contributed by atoms with van der Waals surface area (Å²) in [5.74, 6) is 0. The van der Waals surface area contributed by atoms with Gasteiger partial charge in [0.05, 0.1) is 0 Å². The number of rotatable bonds is 3. The highest BCUT2D eigenvalue weighted by Crippen LogP contribution is 2.33. The number of hydrogen-bond acceptors (Lipinski definition) is 6. The first-order valence-corrected chi connectivity index (χ1v) is 8.48. The molecule has 11 heteroatoms. The van der Waals surface area contributed by atoms with Crippen LogP contribution in [0.4, 0.5) is 23.1 Å². The normalized spacial score (nSPS) is 22.4. The molecular formula is C11H16F3N5OS2. The van der Waals surface area contributed by atoms with E-state index in [-0.39, 0.29) is 16.4 Å². The molecule has 2 amide bonds. The third-order valence-corrected chi connectivity index (χ3v) is 5.32. The Morgan fingerprint density at radius 3 is 2.55 bits per heavy atom. The number of nitrogens with one attached hydrogen (secondary N) is 1. The fourth-order valence-corrected chi connectivity index (χ4v) is 3.78. The Balaban J connectivity index is 2.00. The van der Waals surface area contributed by atoms with E-state index in [1.165, 1.54) is 0 Å². The summed E-state index contributed by atoms with van der Waals surface area (Å²) in [7, 11) is 3.88. The molecule has 22 heavy (non-hydrogen) atoms. The summed E-state index contributed by atoms with van der Waals surface area (Å²) >= 11 is 1.99. The van der Waals surface area contributed by atoms with Crippen LogP contribution >= 0.6 is 23.1 Å². The second kappa shape index (κ2) is 6.59. The van der Waals surface area contributed by atoms with Gasteiger partial charge in [0.25, 0.3) is 0 Å². The molecule has 1 N–H and O–H groups in total. The van der Waals surface area contributed by atoms with Gasteiger partial charge in [-0.1, -0.05) is 11.3 Å². The fourth-order valence-electron chi connectivity index (χ4n) is 2.21. The molecule has 0 aliphatic carbocycles. The number of aromatic nitrogens is 2. The van der Waals surface area contributed by atoms with E-state index >= 15 is 0 Å². The number of carbonyl (C=O) groups is 1. The highest BCUT2D eigenvalue weighted by Gasteiger charge is 2.38. The maximum Gasteiger partial charge on any atom is 0.445 e. The molecule has 0 unspecified atom stereocenters. The summed E-state index contributed by atoms with van der Waals surface area (Å²) in [5.41, 5.74) is 0. The fraction of sp³-hybridized carbons (Fsp3) is 0.727. The molecule has 1 aliphatic heterocycles. The summed E-state index contributed by atoms with van der Waals surface area (Å²) < 4.78 is 37.4. The number of nitrogens with zero attached hydrogens (tertiary/aromatic N) is 4. The minimum atomic E-state index is -4.55. The van der Waals surface area contributed by atoms with Crippen LogP contribution in [0, 0.1) is 0 Å².